The molecule has 1 aliphatic carbocycles. The van der Waals surface area contributed by atoms with Gasteiger partial charge in [0.1, 0.15) is 4.88 Å². The van der Waals surface area contributed by atoms with E-state index in [1.807, 2.05) is 5.38 Å². The van der Waals surface area contributed by atoms with Gasteiger partial charge in [0.05, 0.1) is 32.1 Å². The van der Waals surface area contributed by atoms with Gasteiger partial charge in [-0.3, -0.25) is 4.79 Å². The molecule has 6 nitrogen and oxygen atoms in total. The summed E-state index contributed by atoms with van der Waals surface area (Å²) in [6.07, 6.45) is 3.86. The maximum Gasteiger partial charge on any atom is 0.350 e. The predicted molar refractivity (Wildman–Crippen MR) is 102 cm³/mol. The molecule has 0 unspecified atom stereocenters. The summed E-state index contributed by atoms with van der Waals surface area (Å²) in [5, 5.41) is 1.81. The minimum Gasteiger partial charge on any atom is -0.465 e. The highest BCUT2D eigenvalue weighted by Gasteiger charge is 2.35. The molecule has 1 aromatic heterocycles. The SMILES string of the molecule is COCC(COC)N(C(=O)C1CCC(C)CC1)c1ccsc1C(=O)OC. The van der Waals surface area contributed by atoms with E-state index in [0.29, 0.717) is 29.7 Å². The Morgan fingerprint density at radius 2 is 1.77 bits per heavy atom. The molecule has 2 rings (SSSR count). The van der Waals surface area contributed by atoms with Crippen molar-refractivity contribution in [2.24, 2.45) is 11.8 Å². The molecule has 146 valence electrons. The highest BCUT2D eigenvalue weighted by Crippen LogP contribution is 2.34. The monoisotopic (exact) mass is 383 g/mol. The second kappa shape index (κ2) is 10.0. The Hall–Kier alpha value is -1.44. The van der Waals surface area contributed by atoms with Crippen LogP contribution in [0.25, 0.3) is 0 Å². The van der Waals surface area contributed by atoms with Crippen molar-refractivity contribution in [3.05, 3.63) is 16.3 Å². The number of amides is 1. The van der Waals surface area contributed by atoms with Gasteiger partial charge in [-0.05, 0) is 43.0 Å². The van der Waals surface area contributed by atoms with Crippen LogP contribution in [0.15, 0.2) is 11.4 Å². The Morgan fingerprint density at radius 1 is 1.15 bits per heavy atom. The van der Waals surface area contributed by atoms with Crippen LogP contribution in [0.5, 0.6) is 0 Å². The molecule has 1 amide bonds. The molecule has 7 heteroatoms. The third kappa shape index (κ3) is 4.84. The van der Waals surface area contributed by atoms with Crippen molar-refractivity contribution < 1.29 is 23.8 Å². The van der Waals surface area contributed by atoms with E-state index in [2.05, 4.69) is 6.92 Å². The Kier molecular flexibility index (Phi) is 8.06. The summed E-state index contributed by atoms with van der Waals surface area (Å²) in [7, 11) is 4.55. The summed E-state index contributed by atoms with van der Waals surface area (Å²) in [5.41, 5.74) is 0.588. The van der Waals surface area contributed by atoms with Gasteiger partial charge in [-0.25, -0.2) is 4.79 Å². The first-order chi connectivity index (χ1) is 12.5. The van der Waals surface area contributed by atoms with Crippen LogP contribution in [0.4, 0.5) is 5.69 Å². The minimum absolute atomic E-state index is 0.0344. The predicted octanol–water partition coefficient (Wildman–Crippen LogP) is 3.36. The molecule has 0 spiro atoms. The van der Waals surface area contributed by atoms with Crippen molar-refractivity contribution in [1.29, 1.82) is 0 Å². The highest BCUT2D eigenvalue weighted by molar-refractivity contribution is 7.12. The van der Waals surface area contributed by atoms with E-state index in [-0.39, 0.29) is 17.9 Å². The topological polar surface area (TPSA) is 65.1 Å². The Labute approximate surface area is 159 Å². The van der Waals surface area contributed by atoms with Gasteiger partial charge in [0.15, 0.2) is 0 Å². The van der Waals surface area contributed by atoms with Crippen LogP contribution in [0, 0.1) is 11.8 Å². The smallest absolute Gasteiger partial charge is 0.350 e. The zero-order valence-corrected chi connectivity index (χ0v) is 16.8. The molecule has 0 saturated heterocycles. The maximum absolute atomic E-state index is 13.4. The molecule has 1 saturated carbocycles. The summed E-state index contributed by atoms with van der Waals surface area (Å²) in [6, 6.07) is 1.51. The van der Waals surface area contributed by atoms with Gasteiger partial charge in [-0.1, -0.05) is 6.92 Å². The minimum atomic E-state index is -0.432. The van der Waals surface area contributed by atoms with E-state index in [9.17, 15) is 9.59 Å². The number of carbonyl (C=O) groups excluding carboxylic acids is 2. The number of carbonyl (C=O) groups is 2. The molecule has 1 aliphatic rings. The fraction of sp³-hybridized carbons (Fsp3) is 0.684. The quantitative estimate of drug-likeness (QED) is 0.644. The van der Waals surface area contributed by atoms with Gasteiger partial charge in [-0.2, -0.15) is 0 Å². The van der Waals surface area contributed by atoms with Crippen molar-refractivity contribution in [2.45, 2.75) is 38.6 Å². The van der Waals surface area contributed by atoms with Gasteiger partial charge in [0, 0.05) is 20.1 Å². The van der Waals surface area contributed by atoms with Crippen LogP contribution < -0.4 is 4.90 Å². The number of hydrogen-bond acceptors (Lipinski definition) is 6. The second-order valence-electron chi connectivity index (χ2n) is 6.86. The van der Waals surface area contributed by atoms with Crippen molar-refractivity contribution in [1.82, 2.24) is 0 Å². The zero-order chi connectivity index (χ0) is 19.1. The van der Waals surface area contributed by atoms with Crippen LogP contribution in [0.2, 0.25) is 0 Å². The summed E-state index contributed by atoms with van der Waals surface area (Å²) in [5.74, 6) is 0.235. The number of ether oxygens (including phenoxy) is 3. The number of anilines is 1. The van der Waals surface area contributed by atoms with Gasteiger partial charge in [-0.15, -0.1) is 11.3 Å². The van der Waals surface area contributed by atoms with Crippen LogP contribution in [0.1, 0.15) is 42.3 Å². The van der Waals surface area contributed by atoms with E-state index >= 15 is 0 Å². The third-order valence-electron chi connectivity index (χ3n) is 4.96. The zero-order valence-electron chi connectivity index (χ0n) is 16.0. The summed E-state index contributed by atoms with van der Waals surface area (Å²) in [4.78, 5) is 27.7. The molecular weight excluding hydrogens is 354 g/mol. The summed E-state index contributed by atoms with van der Waals surface area (Å²) in [6.45, 7) is 2.89. The van der Waals surface area contributed by atoms with Crippen LogP contribution in [0.3, 0.4) is 0 Å². The van der Waals surface area contributed by atoms with Crippen molar-refractivity contribution >= 4 is 28.9 Å². The summed E-state index contributed by atoms with van der Waals surface area (Å²) < 4.78 is 15.6. The van der Waals surface area contributed by atoms with Crippen molar-refractivity contribution in [3.8, 4) is 0 Å². The Morgan fingerprint density at radius 3 is 2.31 bits per heavy atom. The lowest BCUT2D eigenvalue weighted by atomic mass is 9.82. The lowest BCUT2D eigenvalue weighted by Gasteiger charge is -2.35. The highest BCUT2D eigenvalue weighted by atomic mass is 32.1. The number of esters is 1. The Balaban J connectivity index is 2.37. The first-order valence-electron chi connectivity index (χ1n) is 9.00. The van der Waals surface area contributed by atoms with E-state index in [1.165, 1.54) is 18.4 Å². The lowest BCUT2D eigenvalue weighted by molar-refractivity contribution is -0.124. The maximum atomic E-state index is 13.4. The van der Waals surface area contributed by atoms with E-state index in [1.54, 1.807) is 25.2 Å². The van der Waals surface area contributed by atoms with Crippen LogP contribution in [-0.2, 0) is 19.0 Å². The number of rotatable bonds is 8. The molecule has 0 radical (unpaired) electrons. The summed E-state index contributed by atoms with van der Waals surface area (Å²) >= 11 is 1.28. The van der Waals surface area contributed by atoms with Crippen LogP contribution in [-0.4, -0.2) is 52.5 Å². The molecule has 0 aliphatic heterocycles. The van der Waals surface area contributed by atoms with Gasteiger partial charge < -0.3 is 19.1 Å². The molecule has 1 heterocycles. The first-order valence-corrected chi connectivity index (χ1v) is 9.88. The van der Waals surface area contributed by atoms with E-state index in [0.717, 1.165) is 25.7 Å². The van der Waals surface area contributed by atoms with Gasteiger partial charge in [0.25, 0.3) is 0 Å². The fourth-order valence-corrected chi connectivity index (χ4v) is 4.32. The molecule has 0 N–H and O–H groups in total. The number of thiophene rings is 1. The van der Waals surface area contributed by atoms with Crippen molar-refractivity contribution in [2.75, 3.05) is 39.4 Å². The molecule has 0 atom stereocenters. The number of nitrogens with zero attached hydrogens (tertiary/aromatic N) is 1. The standard InChI is InChI=1S/C19H29NO5S/c1-13-5-7-14(8-6-13)18(21)20(15(11-23-2)12-24-3)16-9-10-26-17(16)19(22)25-4/h9-10,13-15H,5-8,11-12H2,1-4H3. The normalized spacial score (nSPS) is 20.2. The van der Waals surface area contributed by atoms with E-state index < -0.39 is 5.97 Å². The lowest BCUT2D eigenvalue weighted by Crippen LogP contribution is -2.49. The van der Waals surface area contributed by atoms with Gasteiger partial charge >= 0.3 is 5.97 Å². The molecule has 0 bridgehead atoms. The number of hydrogen-bond donors (Lipinski definition) is 0. The molecule has 26 heavy (non-hydrogen) atoms. The largest absolute Gasteiger partial charge is 0.465 e. The molecule has 0 aromatic carbocycles. The third-order valence-corrected chi connectivity index (χ3v) is 5.84. The number of methoxy groups -OCH3 is 3. The average molecular weight is 384 g/mol. The molecule has 1 fully saturated rings. The average Bonchev–Trinajstić information content (AvgIpc) is 3.11. The Bertz CT molecular complexity index is 589. The first kappa shape index (κ1) is 20.9. The van der Waals surface area contributed by atoms with Gasteiger partial charge in [0.2, 0.25) is 5.91 Å². The molecular formula is C19H29NO5S. The van der Waals surface area contributed by atoms with Crippen molar-refractivity contribution in [3.63, 3.8) is 0 Å². The molecule has 1 aromatic rings. The second-order valence-corrected chi connectivity index (χ2v) is 7.77. The van der Waals surface area contributed by atoms with E-state index in [4.69, 9.17) is 14.2 Å². The fourth-order valence-electron chi connectivity index (χ4n) is 3.52. The van der Waals surface area contributed by atoms with Crippen LogP contribution >= 0.6 is 11.3 Å².